The maximum atomic E-state index is 3.66. The van der Waals surface area contributed by atoms with Crippen LogP contribution in [-0.4, -0.2) is 31.1 Å². The number of benzene rings is 1. The number of nitrogens with one attached hydrogen (secondary N) is 1. The van der Waals surface area contributed by atoms with Gasteiger partial charge in [0.05, 0.1) is 0 Å². The summed E-state index contributed by atoms with van der Waals surface area (Å²) in [7, 11) is 2.30. The third-order valence-electron chi connectivity index (χ3n) is 4.88. The average Bonchev–Trinajstić information content (AvgIpc) is 2.90. The third kappa shape index (κ3) is 3.01. The van der Waals surface area contributed by atoms with Crippen molar-refractivity contribution in [2.75, 3.05) is 20.1 Å². The summed E-state index contributed by atoms with van der Waals surface area (Å²) >= 11 is 0. The summed E-state index contributed by atoms with van der Waals surface area (Å²) in [5.74, 6) is 0. The van der Waals surface area contributed by atoms with Crippen molar-refractivity contribution in [2.24, 2.45) is 0 Å². The first kappa shape index (κ1) is 13.1. The Balaban J connectivity index is 1.55. The van der Waals surface area contributed by atoms with Gasteiger partial charge in [-0.3, -0.25) is 4.90 Å². The van der Waals surface area contributed by atoms with E-state index in [-0.39, 0.29) is 0 Å². The minimum atomic E-state index is 0.653. The van der Waals surface area contributed by atoms with Crippen molar-refractivity contribution < 1.29 is 0 Å². The highest BCUT2D eigenvalue weighted by Crippen LogP contribution is 2.34. The molecule has 0 bridgehead atoms. The van der Waals surface area contributed by atoms with Gasteiger partial charge in [0, 0.05) is 12.1 Å². The highest BCUT2D eigenvalue weighted by atomic mass is 15.1. The summed E-state index contributed by atoms with van der Waals surface area (Å²) in [6, 6.07) is 10.4. The summed E-state index contributed by atoms with van der Waals surface area (Å²) in [6.07, 6.45) is 8.00. The molecule has 1 aromatic carbocycles. The van der Waals surface area contributed by atoms with Crippen LogP contribution in [0.3, 0.4) is 0 Å². The number of aryl methyl sites for hydroxylation is 1. The summed E-state index contributed by atoms with van der Waals surface area (Å²) in [5.41, 5.74) is 3.14. The van der Waals surface area contributed by atoms with Crippen LogP contribution in [0.5, 0.6) is 0 Å². The van der Waals surface area contributed by atoms with Gasteiger partial charge in [-0.1, -0.05) is 30.7 Å². The molecule has 1 aliphatic heterocycles. The zero-order valence-corrected chi connectivity index (χ0v) is 12.1. The standard InChI is InChI=1S/C17H26N2/c1-19(13-11-15-7-4-5-12-18-15)17-10-9-14-6-2-3-8-16(14)17/h2-3,6,8,15,17-18H,4-5,7,9-13H2,1H3. The maximum Gasteiger partial charge on any atom is 0.0350 e. The van der Waals surface area contributed by atoms with E-state index in [9.17, 15) is 0 Å². The van der Waals surface area contributed by atoms with Gasteiger partial charge < -0.3 is 5.32 Å². The maximum absolute atomic E-state index is 3.66. The molecule has 19 heavy (non-hydrogen) atoms. The van der Waals surface area contributed by atoms with E-state index >= 15 is 0 Å². The van der Waals surface area contributed by atoms with Gasteiger partial charge in [0.1, 0.15) is 0 Å². The summed E-state index contributed by atoms with van der Waals surface area (Å²) in [4.78, 5) is 2.57. The van der Waals surface area contributed by atoms with E-state index in [0.717, 1.165) is 6.04 Å². The largest absolute Gasteiger partial charge is 0.314 e. The molecule has 0 amide bonds. The summed E-state index contributed by atoms with van der Waals surface area (Å²) in [6.45, 7) is 2.44. The van der Waals surface area contributed by atoms with Crippen LogP contribution in [0.2, 0.25) is 0 Å². The number of hydrogen-bond donors (Lipinski definition) is 1. The molecule has 1 fully saturated rings. The van der Waals surface area contributed by atoms with E-state index in [1.807, 2.05) is 0 Å². The normalized spacial score (nSPS) is 26.6. The molecule has 3 rings (SSSR count). The fourth-order valence-electron chi connectivity index (χ4n) is 3.68. The van der Waals surface area contributed by atoms with Crippen molar-refractivity contribution in [1.82, 2.24) is 10.2 Å². The second-order valence-electron chi connectivity index (χ2n) is 6.17. The molecule has 2 atom stereocenters. The molecule has 1 aromatic rings. The first-order valence-electron chi connectivity index (χ1n) is 7.86. The van der Waals surface area contributed by atoms with Gasteiger partial charge in [-0.05, 0) is 63.4 Å². The molecule has 1 N–H and O–H groups in total. The smallest absolute Gasteiger partial charge is 0.0350 e. The topological polar surface area (TPSA) is 15.3 Å². The Morgan fingerprint density at radius 1 is 1.21 bits per heavy atom. The van der Waals surface area contributed by atoms with Crippen LogP contribution < -0.4 is 5.32 Å². The van der Waals surface area contributed by atoms with Crippen LogP contribution in [-0.2, 0) is 6.42 Å². The van der Waals surface area contributed by atoms with Crippen molar-refractivity contribution >= 4 is 0 Å². The Kier molecular flexibility index (Phi) is 4.19. The summed E-state index contributed by atoms with van der Waals surface area (Å²) in [5, 5.41) is 3.66. The number of piperidine rings is 1. The Labute approximate surface area is 117 Å². The predicted octanol–water partition coefficient (Wildman–Crippen LogP) is 3.14. The Bertz CT molecular complexity index is 409. The van der Waals surface area contributed by atoms with Gasteiger partial charge in [0.15, 0.2) is 0 Å². The van der Waals surface area contributed by atoms with E-state index < -0.39 is 0 Å². The number of fused-ring (bicyclic) bond motifs is 1. The van der Waals surface area contributed by atoms with Crippen LogP contribution in [0.1, 0.15) is 49.3 Å². The van der Waals surface area contributed by atoms with E-state index in [1.54, 1.807) is 11.1 Å². The molecule has 1 aliphatic carbocycles. The van der Waals surface area contributed by atoms with Crippen molar-refractivity contribution in [3.63, 3.8) is 0 Å². The number of rotatable bonds is 4. The lowest BCUT2D eigenvalue weighted by molar-refractivity contribution is 0.223. The van der Waals surface area contributed by atoms with E-state index in [4.69, 9.17) is 0 Å². The second-order valence-corrected chi connectivity index (χ2v) is 6.17. The van der Waals surface area contributed by atoms with E-state index in [0.29, 0.717) is 6.04 Å². The fourth-order valence-corrected chi connectivity index (χ4v) is 3.68. The molecular formula is C17H26N2. The van der Waals surface area contributed by atoms with Gasteiger partial charge in [0.25, 0.3) is 0 Å². The Hall–Kier alpha value is -0.860. The lowest BCUT2D eigenvalue weighted by Crippen LogP contribution is -2.37. The van der Waals surface area contributed by atoms with Crippen molar-refractivity contribution in [1.29, 1.82) is 0 Å². The minimum absolute atomic E-state index is 0.653. The Morgan fingerprint density at radius 3 is 2.95 bits per heavy atom. The number of hydrogen-bond acceptors (Lipinski definition) is 2. The van der Waals surface area contributed by atoms with E-state index in [2.05, 4.69) is 41.5 Å². The first-order valence-corrected chi connectivity index (χ1v) is 7.86. The average molecular weight is 258 g/mol. The monoisotopic (exact) mass is 258 g/mol. The minimum Gasteiger partial charge on any atom is -0.314 e. The molecule has 1 heterocycles. The summed E-state index contributed by atoms with van der Waals surface area (Å²) < 4.78 is 0. The third-order valence-corrected chi connectivity index (χ3v) is 4.88. The number of nitrogens with zero attached hydrogens (tertiary/aromatic N) is 1. The van der Waals surface area contributed by atoms with Crippen LogP contribution in [0.4, 0.5) is 0 Å². The van der Waals surface area contributed by atoms with Gasteiger partial charge in [-0.15, -0.1) is 0 Å². The van der Waals surface area contributed by atoms with Crippen molar-refractivity contribution in [3.8, 4) is 0 Å². The molecular weight excluding hydrogens is 232 g/mol. The molecule has 2 heteroatoms. The SMILES string of the molecule is CN(CCC1CCCCN1)C1CCc2ccccc21. The van der Waals surface area contributed by atoms with Crippen molar-refractivity contribution in [2.45, 2.75) is 50.6 Å². The molecule has 0 aromatic heterocycles. The molecule has 2 unspecified atom stereocenters. The zero-order valence-electron chi connectivity index (χ0n) is 12.1. The first-order chi connectivity index (χ1) is 9.34. The van der Waals surface area contributed by atoms with Crippen LogP contribution >= 0.6 is 0 Å². The molecule has 104 valence electrons. The second kappa shape index (κ2) is 6.06. The quantitative estimate of drug-likeness (QED) is 0.892. The van der Waals surface area contributed by atoms with Crippen LogP contribution in [0, 0.1) is 0 Å². The molecule has 0 spiro atoms. The van der Waals surface area contributed by atoms with Gasteiger partial charge >= 0.3 is 0 Å². The fraction of sp³-hybridized carbons (Fsp3) is 0.647. The van der Waals surface area contributed by atoms with Crippen molar-refractivity contribution in [3.05, 3.63) is 35.4 Å². The van der Waals surface area contributed by atoms with Gasteiger partial charge in [0.2, 0.25) is 0 Å². The molecule has 2 nitrogen and oxygen atoms in total. The predicted molar refractivity (Wildman–Crippen MR) is 80.4 cm³/mol. The molecule has 2 aliphatic rings. The lowest BCUT2D eigenvalue weighted by Gasteiger charge is -2.29. The molecule has 1 saturated heterocycles. The molecule has 0 radical (unpaired) electrons. The highest BCUT2D eigenvalue weighted by Gasteiger charge is 2.25. The van der Waals surface area contributed by atoms with Gasteiger partial charge in [-0.25, -0.2) is 0 Å². The van der Waals surface area contributed by atoms with E-state index in [1.165, 1.54) is 51.6 Å². The lowest BCUT2D eigenvalue weighted by atomic mass is 10.0. The highest BCUT2D eigenvalue weighted by molar-refractivity contribution is 5.34. The molecule has 0 saturated carbocycles. The zero-order chi connectivity index (χ0) is 13.1. The van der Waals surface area contributed by atoms with Crippen LogP contribution in [0.15, 0.2) is 24.3 Å². The van der Waals surface area contributed by atoms with Gasteiger partial charge in [-0.2, -0.15) is 0 Å². The Morgan fingerprint density at radius 2 is 2.11 bits per heavy atom. The van der Waals surface area contributed by atoms with Crippen LogP contribution in [0.25, 0.3) is 0 Å².